The second kappa shape index (κ2) is 11.1. The van der Waals surface area contributed by atoms with Crippen LogP contribution in [0.3, 0.4) is 0 Å². The second-order valence-corrected chi connectivity index (χ2v) is 8.95. The fourth-order valence-corrected chi connectivity index (χ4v) is 4.57. The first kappa shape index (κ1) is 24.3. The molecule has 0 aromatic heterocycles. The number of halogens is 1. The number of amides is 2. The zero-order valence-corrected chi connectivity index (χ0v) is 19.4. The summed E-state index contributed by atoms with van der Waals surface area (Å²) in [7, 11) is 0. The van der Waals surface area contributed by atoms with E-state index in [4.69, 9.17) is 9.84 Å². The van der Waals surface area contributed by atoms with Crippen molar-refractivity contribution in [1.29, 1.82) is 0 Å². The Morgan fingerprint density at radius 3 is 2.26 bits per heavy atom. The monoisotopic (exact) mass is 494 g/mol. The minimum atomic E-state index is -0.928. The molecular formula is C26H23FN2O5S. The SMILES string of the molecule is O=C(O)CSCCNC(=O)c1ccc(NC(=O)OCC2c3ccccc3-c3ccccc32)c(F)c1. The molecule has 3 aromatic carbocycles. The number of ether oxygens (including phenoxy) is 1. The van der Waals surface area contributed by atoms with Crippen LogP contribution in [-0.4, -0.2) is 47.7 Å². The zero-order chi connectivity index (χ0) is 24.8. The Balaban J connectivity index is 1.32. The third-order valence-electron chi connectivity index (χ3n) is 5.57. The van der Waals surface area contributed by atoms with E-state index in [9.17, 15) is 18.8 Å². The van der Waals surface area contributed by atoms with Crippen molar-refractivity contribution in [3.8, 4) is 11.1 Å². The summed E-state index contributed by atoms with van der Waals surface area (Å²) in [6.45, 7) is 0.347. The van der Waals surface area contributed by atoms with Crippen molar-refractivity contribution < 1.29 is 28.6 Å². The summed E-state index contributed by atoms with van der Waals surface area (Å²) < 4.78 is 19.9. The second-order valence-electron chi connectivity index (χ2n) is 7.85. The van der Waals surface area contributed by atoms with Crippen LogP contribution in [0.4, 0.5) is 14.9 Å². The zero-order valence-electron chi connectivity index (χ0n) is 18.6. The number of benzene rings is 3. The van der Waals surface area contributed by atoms with Crippen LogP contribution >= 0.6 is 11.8 Å². The number of carboxylic acid groups (broad SMARTS) is 1. The molecule has 0 radical (unpaired) electrons. The number of aliphatic carboxylic acids is 1. The Bertz CT molecular complexity index is 1220. The van der Waals surface area contributed by atoms with E-state index < -0.39 is 23.8 Å². The molecule has 1 aliphatic rings. The molecule has 0 saturated heterocycles. The van der Waals surface area contributed by atoms with Gasteiger partial charge in [0.15, 0.2) is 0 Å². The maximum atomic E-state index is 14.5. The predicted molar refractivity (Wildman–Crippen MR) is 132 cm³/mol. The van der Waals surface area contributed by atoms with Gasteiger partial charge < -0.3 is 15.2 Å². The summed E-state index contributed by atoms with van der Waals surface area (Å²) in [4.78, 5) is 35.0. The Kier molecular flexibility index (Phi) is 7.67. The van der Waals surface area contributed by atoms with Gasteiger partial charge in [0.25, 0.3) is 5.91 Å². The lowest BCUT2D eigenvalue weighted by Gasteiger charge is -2.15. The van der Waals surface area contributed by atoms with Gasteiger partial charge >= 0.3 is 12.1 Å². The molecule has 35 heavy (non-hydrogen) atoms. The van der Waals surface area contributed by atoms with Gasteiger partial charge in [0.2, 0.25) is 0 Å². The summed E-state index contributed by atoms with van der Waals surface area (Å²) in [5.41, 5.74) is 4.35. The van der Waals surface area contributed by atoms with Crippen LogP contribution in [0, 0.1) is 5.82 Å². The number of rotatable bonds is 9. The van der Waals surface area contributed by atoms with Crippen molar-refractivity contribution in [3.63, 3.8) is 0 Å². The number of carboxylic acids is 1. The molecule has 0 spiro atoms. The Morgan fingerprint density at radius 2 is 1.63 bits per heavy atom. The standard InChI is InChI=1S/C26H23FN2O5S/c27-22-13-16(25(32)28-11-12-35-15-24(30)31)9-10-23(22)29-26(33)34-14-21-19-7-3-1-5-17(19)18-6-2-4-8-20(18)21/h1-10,13,21H,11-12,14-15H2,(H,28,32)(H,29,33)(H,30,31). The normalized spacial score (nSPS) is 11.9. The van der Waals surface area contributed by atoms with Crippen LogP contribution in [0.15, 0.2) is 66.7 Å². The average molecular weight is 495 g/mol. The van der Waals surface area contributed by atoms with Crippen LogP contribution in [-0.2, 0) is 9.53 Å². The lowest BCUT2D eigenvalue weighted by molar-refractivity contribution is -0.133. The summed E-state index contributed by atoms with van der Waals surface area (Å²) in [5.74, 6) is -1.94. The van der Waals surface area contributed by atoms with Gasteiger partial charge in [0.05, 0.1) is 11.4 Å². The third-order valence-corrected chi connectivity index (χ3v) is 6.51. The summed E-state index contributed by atoms with van der Waals surface area (Å²) in [6.07, 6.45) is -0.793. The fraction of sp³-hybridized carbons (Fsp3) is 0.192. The molecule has 180 valence electrons. The van der Waals surface area contributed by atoms with E-state index in [-0.39, 0.29) is 36.1 Å². The lowest BCUT2D eigenvalue weighted by atomic mass is 9.98. The van der Waals surface area contributed by atoms with Crippen molar-refractivity contribution in [3.05, 3.63) is 89.2 Å². The molecule has 3 N–H and O–H groups in total. The molecule has 0 heterocycles. The van der Waals surface area contributed by atoms with Crippen LogP contribution in [0.2, 0.25) is 0 Å². The predicted octanol–water partition coefficient (Wildman–Crippen LogP) is 4.73. The van der Waals surface area contributed by atoms with Gasteiger partial charge in [-0.15, -0.1) is 11.8 Å². The van der Waals surface area contributed by atoms with E-state index in [2.05, 4.69) is 10.6 Å². The molecule has 1 aliphatic carbocycles. The minimum Gasteiger partial charge on any atom is -0.481 e. The summed E-state index contributed by atoms with van der Waals surface area (Å²) >= 11 is 1.17. The highest BCUT2D eigenvalue weighted by Gasteiger charge is 2.29. The largest absolute Gasteiger partial charge is 0.481 e. The molecule has 2 amide bonds. The van der Waals surface area contributed by atoms with Crippen LogP contribution in [0.5, 0.6) is 0 Å². The molecule has 3 aromatic rings. The van der Waals surface area contributed by atoms with E-state index in [0.717, 1.165) is 28.3 Å². The highest BCUT2D eigenvalue weighted by molar-refractivity contribution is 7.99. The number of hydrogen-bond acceptors (Lipinski definition) is 5. The molecule has 0 fully saturated rings. The number of hydrogen-bond donors (Lipinski definition) is 3. The maximum Gasteiger partial charge on any atom is 0.411 e. The summed E-state index contributed by atoms with van der Waals surface area (Å²) in [5, 5.41) is 13.6. The highest BCUT2D eigenvalue weighted by atomic mass is 32.2. The van der Waals surface area contributed by atoms with Crippen LogP contribution < -0.4 is 10.6 Å². The highest BCUT2D eigenvalue weighted by Crippen LogP contribution is 2.44. The molecule has 0 aliphatic heterocycles. The number of carbonyl (C=O) groups is 3. The van der Waals surface area contributed by atoms with E-state index in [1.807, 2.05) is 48.5 Å². The number of thioether (sulfide) groups is 1. The molecule has 0 unspecified atom stereocenters. The third kappa shape index (κ3) is 5.81. The van der Waals surface area contributed by atoms with Crippen molar-refractivity contribution in [2.45, 2.75) is 5.92 Å². The van der Waals surface area contributed by atoms with Gasteiger partial charge in [0.1, 0.15) is 12.4 Å². The van der Waals surface area contributed by atoms with Gasteiger partial charge in [-0.2, -0.15) is 0 Å². The first-order valence-electron chi connectivity index (χ1n) is 10.9. The van der Waals surface area contributed by atoms with Crippen molar-refractivity contribution in [2.75, 3.05) is 30.0 Å². The smallest absolute Gasteiger partial charge is 0.411 e. The Labute approximate surface area is 205 Å². The van der Waals surface area contributed by atoms with Crippen molar-refractivity contribution in [1.82, 2.24) is 5.32 Å². The maximum absolute atomic E-state index is 14.5. The van der Waals surface area contributed by atoms with Crippen molar-refractivity contribution >= 4 is 35.4 Å². The Morgan fingerprint density at radius 1 is 0.971 bits per heavy atom. The molecule has 0 atom stereocenters. The minimum absolute atomic E-state index is 0.0548. The molecule has 0 saturated carbocycles. The van der Waals surface area contributed by atoms with E-state index in [1.54, 1.807) is 0 Å². The van der Waals surface area contributed by atoms with E-state index >= 15 is 0 Å². The van der Waals surface area contributed by atoms with Gasteiger partial charge in [-0.1, -0.05) is 48.5 Å². The van der Waals surface area contributed by atoms with Gasteiger partial charge in [-0.25, -0.2) is 9.18 Å². The average Bonchev–Trinajstić information content (AvgIpc) is 3.17. The number of anilines is 1. The fourth-order valence-electron chi connectivity index (χ4n) is 4.00. The topological polar surface area (TPSA) is 105 Å². The number of nitrogens with one attached hydrogen (secondary N) is 2. The quantitative estimate of drug-likeness (QED) is 0.372. The molecule has 9 heteroatoms. The Hall–Kier alpha value is -3.85. The van der Waals surface area contributed by atoms with E-state index in [1.165, 1.54) is 23.9 Å². The first-order valence-corrected chi connectivity index (χ1v) is 12.1. The number of carbonyl (C=O) groups excluding carboxylic acids is 2. The first-order chi connectivity index (χ1) is 16.9. The molecular weight excluding hydrogens is 471 g/mol. The lowest BCUT2D eigenvalue weighted by Crippen LogP contribution is -2.26. The van der Waals surface area contributed by atoms with Gasteiger partial charge in [-0.05, 0) is 40.5 Å². The van der Waals surface area contributed by atoms with Crippen LogP contribution in [0.25, 0.3) is 11.1 Å². The molecule has 0 bridgehead atoms. The van der Waals surface area contributed by atoms with Crippen LogP contribution in [0.1, 0.15) is 27.4 Å². The van der Waals surface area contributed by atoms with E-state index in [0.29, 0.717) is 5.75 Å². The molecule has 4 rings (SSSR count). The van der Waals surface area contributed by atoms with Gasteiger partial charge in [0, 0.05) is 23.8 Å². The van der Waals surface area contributed by atoms with Gasteiger partial charge in [-0.3, -0.25) is 14.9 Å². The molecule has 7 nitrogen and oxygen atoms in total. The number of fused-ring (bicyclic) bond motifs is 3. The van der Waals surface area contributed by atoms with Crippen molar-refractivity contribution in [2.24, 2.45) is 0 Å². The summed E-state index contributed by atoms with van der Waals surface area (Å²) in [6, 6.07) is 19.6.